The number of guanidine groups is 1. The summed E-state index contributed by atoms with van der Waals surface area (Å²) in [6.07, 6.45) is 3.59. The Kier molecular flexibility index (Phi) is 8.32. The van der Waals surface area contributed by atoms with Gasteiger partial charge in [0.25, 0.3) is 0 Å². The van der Waals surface area contributed by atoms with Crippen LogP contribution >= 0.6 is 24.0 Å². The van der Waals surface area contributed by atoms with Crippen LogP contribution in [0.3, 0.4) is 0 Å². The summed E-state index contributed by atoms with van der Waals surface area (Å²) in [5.41, 5.74) is 1.28. The van der Waals surface area contributed by atoms with Gasteiger partial charge in [-0.1, -0.05) is 18.2 Å². The fraction of sp³-hybridized carbons (Fsp3) is 0.571. The van der Waals surface area contributed by atoms with E-state index in [4.69, 9.17) is 9.73 Å². The molecule has 2 atom stereocenters. The molecule has 30 heavy (non-hydrogen) atoms. The fourth-order valence-corrected chi connectivity index (χ4v) is 3.85. The Morgan fingerprint density at radius 3 is 2.77 bits per heavy atom. The van der Waals surface area contributed by atoms with Crippen molar-refractivity contribution >= 4 is 35.6 Å². The van der Waals surface area contributed by atoms with Crippen LogP contribution in [-0.4, -0.2) is 59.1 Å². The minimum Gasteiger partial charge on any atom is -0.376 e. The number of anilines is 1. The van der Waals surface area contributed by atoms with Crippen LogP contribution < -0.4 is 15.5 Å². The molecular weight excluding hydrogens is 493 g/mol. The Hall–Kier alpha value is -1.88. The van der Waals surface area contributed by atoms with E-state index in [9.17, 15) is 0 Å². The van der Waals surface area contributed by atoms with Gasteiger partial charge in [-0.25, -0.2) is 4.99 Å². The van der Waals surface area contributed by atoms with E-state index in [-0.39, 0.29) is 30.1 Å². The van der Waals surface area contributed by atoms with Crippen molar-refractivity contribution in [3.8, 4) is 0 Å². The maximum absolute atomic E-state index is 5.75. The quantitative estimate of drug-likeness (QED) is 0.342. The minimum absolute atomic E-state index is 0. The molecule has 0 spiro atoms. The number of hydrogen-bond acceptors (Lipinski definition) is 5. The van der Waals surface area contributed by atoms with E-state index in [0.717, 1.165) is 63.1 Å². The van der Waals surface area contributed by atoms with E-state index >= 15 is 0 Å². The van der Waals surface area contributed by atoms with Crippen molar-refractivity contribution < 1.29 is 4.74 Å². The van der Waals surface area contributed by atoms with E-state index in [0.29, 0.717) is 12.6 Å². The van der Waals surface area contributed by atoms with Crippen LogP contribution in [0.1, 0.15) is 30.9 Å². The number of benzene rings is 1. The van der Waals surface area contributed by atoms with Crippen molar-refractivity contribution in [1.82, 2.24) is 25.4 Å². The number of nitrogens with one attached hydrogen (secondary N) is 2. The first-order chi connectivity index (χ1) is 14.2. The Morgan fingerprint density at radius 2 is 2.07 bits per heavy atom. The van der Waals surface area contributed by atoms with Crippen molar-refractivity contribution in [1.29, 1.82) is 0 Å². The van der Waals surface area contributed by atoms with Gasteiger partial charge in [0.15, 0.2) is 11.8 Å². The monoisotopic (exact) mass is 525 g/mol. The molecule has 0 saturated carbocycles. The van der Waals surface area contributed by atoms with E-state index < -0.39 is 0 Å². The maximum atomic E-state index is 5.75. The van der Waals surface area contributed by atoms with E-state index in [1.807, 2.05) is 18.5 Å². The first kappa shape index (κ1) is 22.8. The average Bonchev–Trinajstić information content (AvgIpc) is 3.49. The lowest BCUT2D eigenvalue weighted by molar-refractivity contribution is 0.113. The number of halogens is 1. The summed E-state index contributed by atoms with van der Waals surface area (Å²) in [7, 11) is 1.97. The first-order valence-electron chi connectivity index (χ1n) is 10.5. The van der Waals surface area contributed by atoms with Gasteiger partial charge < -0.3 is 24.8 Å². The number of aliphatic imine (C=N–C) groups is 1. The molecule has 9 heteroatoms. The second-order valence-electron chi connectivity index (χ2n) is 7.81. The molecule has 0 radical (unpaired) electrons. The Morgan fingerprint density at radius 1 is 1.23 bits per heavy atom. The molecule has 2 aliphatic heterocycles. The molecule has 2 N–H and O–H groups in total. The van der Waals surface area contributed by atoms with Crippen LogP contribution in [0.4, 0.5) is 5.69 Å². The molecule has 1 aromatic carbocycles. The summed E-state index contributed by atoms with van der Waals surface area (Å²) in [5, 5.41) is 15.4. The predicted octanol–water partition coefficient (Wildman–Crippen LogP) is 2.23. The number of nitrogens with zero attached hydrogens (tertiary/aromatic N) is 5. The smallest absolute Gasteiger partial charge is 0.192 e. The molecule has 0 aliphatic carbocycles. The molecule has 1 aromatic heterocycles. The lowest BCUT2D eigenvalue weighted by Gasteiger charge is -2.21. The Bertz CT molecular complexity index is 820. The van der Waals surface area contributed by atoms with Gasteiger partial charge in [0.1, 0.15) is 12.4 Å². The highest BCUT2D eigenvalue weighted by atomic mass is 127. The highest BCUT2D eigenvalue weighted by Crippen LogP contribution is 2.19. The van der Waals surface area contributed by atoms with Crippen LogP contribution in [0.5, 0.6) is 0 Å². The summed E-state index contributed by atoms with van der Waals surface area (Å²) in [6.45, 7) is 6.09. The van der Waals surface area contributed by atoms with Gasteiger partial charge in [-0.2, -0.15) is 0 Å². The second kappa shape index (κ2) is 10.9. The topological polar surface area (TPSA) is 79.6 Å². The lowest BCUT2D eigenvalue weighted by atomic mass is 10.2. The normalized spacial score (nSPS) is 21.5. The minimum atomic E-state index is 0. The zero-order valence-electron chi connectivity index (χ0n) is 17.8. The van der Waals surface area contributed by atoms with Gasteiger partial charge in [0.2, 0.25) is 0 Å². The van der Waals surface area contributed by atoms with Crippen molar-refractivity contribution in [3.05, 3.63) is 42.0 Å². The zero-order chi connectivity index (χ0) is 20.1. The number of ether oxygens (including phenoxy) is 1. The number of para-hydroxylation sites is 1. The zero-order valence-corrected chi connectivity index (χ0v) is 20.1. The standard InChI is InChI=1S/C21H31N7O.HI/c1-16-25-26-20(27(16)2)14-23-21(22-13-19-9-6-12-29-19)24-17-10-11-28(15-17)18-7-4-3-5-8-18;/h3-5,7-8,17,19H,6,9-15H2,1-2H3,(H2,22,23,24);1H. The molecule has 4 rings (SSSR count). The van der Waals surface area contributed by atoms with Crippen molar-refractivity contribution in [3.63, 3.8) is 0 Å². The molecule has 2 fully saturated rings. The van der Waals surface area contributed by atoms with Crippen molar-refractivity contribution in [2.45, 2.75) is 44.9 Å². The van der Waals surface area contributed by atoms with Gasteiger partial charge in [0.05, 0.1) is 6.10 Å². The van der Waals surface area contributed by atoms with Crippen molar-refractivity contribution in [2.75, 3.05) is 31.1 Å². The third-order valence-corrected chi connectivity index (χ3v) is 5.73. The SMILES string of the molecule is Cc1nnc(CN=C(NCC2CCCO2)NC2CCN(c3ccccc3)C2)n1C.I. The maximum Gasteiger partial charge on any atom is 0.192 e. The van der Waals surface area contributed by atoms with Gasteiger partial charge in [-0.05, 0) is 38.3 Å². The molecule has 2 saturated heterocycles. The molecule has 2 aromatic rings. The number of hydrogen-bond donors (Lipinski definition) is 2. The third kappa shape index (κ3) is 5.84. The van der Waals surface area contributed by atoms with Gasteiger partial charge >= 0.3 is 0 Å². The summed E-state index contributed by atoms with van der Waals surface area (Å²) >= 11 is 0. The molecule has 0 bridgehead atoms. The predicted molar refractivity (Wildman–Crippen MR) is 129 cm³/mol. The Labute approximate surface area is 195 Å². The molecule has 164 valence electrons. The molecule has 2 aliphatic rings. The van der Waals surface area contributed by atoms with Gasteiger partial charge in [0, 0.05) is 45.0 Å². The molecule has 8 nitrogen and oxygen atoms in total. The number of rotatable bonds is 6. The van der Waals surface area contributed by atoms with E-state index in [1.54, 1.807) is 0 Å². The first-order valence-corrected chi connectivity index (χ1v) is 10.5. The number of aryl methyl sites for hydroxylation is 1. The lowest BCUT2D eigenvalue weighted by Crippen LogP contribution is -2.46. The summed E-state index contributed by atoms with van der Waals surface area (Å²) in [6, 6.07) is 10.9. The van der Waals surface area contributed by atoms with E-state index in [1.165, 1.54) is 5.69 Å². The summed E-state index contributed by atoms with van der Waals surface area (Å²) in [5.74, 6) is 2.57. The van der Waals surface area contributed by atoms with Crippen LogP contribution in [0.2, 0.25) is 0 Å². The van der Waals surface area contributed by atoms with Crippen LogP contribution in [0, 0.1) is 6.92 Å². The Balaban J connectivity index is 0.00000256. The highest BCUT2D eigenvalue weighted by Gasteiger charge is 2.24. The molecule has 0 amide bonds. The summed E-state index contributed by atoms with van der Waals surface area (Å²) in [4.78, 5) is 7.21. The molecule has 3 heterocycles. The average molecular weight is 525 g/mol. The fourth-order valence-electron chi connectivity index (χ4n) is 3.85. The van der Waals surface area contributed by atoms with Crippen LogP contribution in [0.25, 0.3) is 0 Å². The molecular formula is C21H32IN7O. The highest BCUT2D eigenvalue weighted by molar-refractivity contribution is 14.0. The summed E-state index contributed by atoms with van der Waals surface area (Å²) < 4.78 is 7.73. The molecule has 2 unspecified atom stereocenters. The van der Waals surface area contributed by atoms with Crippen LogP contribution in [0.15, 0.2) is 35.3 Å². The number of aromatic nitrogens is 3. The van der Waals surface area contributed by atoms with E-state index in [2.05, 4.69) is 56.1 Å². The van der Waals surface area contributed by atoms with Gasteiger partial charge in [-0.3, -0.25) is 0 Å². The van der Waals surface area contributed by atoms with Gasteiger partial charge in [-0.15, -0.1) is 34.2 Å². The second-order valence-corrected chi connectivity index (χ2v) is 7.81. The third-order valence-electron chi connectivity index (χ3n) is 5.73. The largest absolute Gasteiger partial charge is 0.376 e. The van der Waals surface area contributed by atoms with Crippen LogP contribution in [-0.2, 0) is 18.3 Å². The van der Waals surface area contributed by atoms with Crippen molar-refractivity contribution in [2.24, 2.45) is 12.0 Å².